The highest BCUT2D eigenvalue weighted by atomic mass is 16.5. The molecule has 0 spiro atoms. The predicted octanol–water partition coefficient (Wildman–Crippen LogP) is 1.97. The Balaban J connectivity index is 2.24. The molecular formula is C14H20N2O2. The maximum absolute atomic E-state index is 8.99. The Kier molecular flexibility index (Phi) is 5.63. The molecule has 98 valence electrons. The van der Waals surface area contributed by atoms with Gasteiger partial charge < -0.3 is 15.6 Å². The van der Waals surface area contributed by atoms with Crippen molar-refractivity contribution in [2.75, 3.05) is 6.61 Å². The molecule has 0 aromatic heterocycles. The Morgan fingerprint density at radius 3 is 2.89 bits per heavy atom. The number of hydrogen-bond donors (Lipinski definition) is 2. The standard InChI is InChI=1S/C14H20N2O2/c1-14(16,11-15)7-2-3-8-18-13-6-4-5-12(9-13)10-17/h4-6,9,17H,2-3,7-8,10,16H2,1H3. The van der Waals surface area contributed by atoms with Gasteiger partial charge >= 0.3 is 0 Å². The van der Waals surface area contributed by atoms with Gasteiger partial charge in [0.2, 0.25) is 0 Å². The summed E-state index contributed by atoms with van der Waals surface area (Å²) in [5.74, 6) is 0.761. The molecule has 0 bridgehead atoms. The fourth-order valence-corrected chi connectivity index (χ4v) is 1.57. The van der Waals surface area contributed by atoms with Crippen LogP contribution >= 0.6 is 0 Å². The van der Waals surface area contributed by atoms with E-state index in [9.17, 15) is 0 Å². The molecule has 1 rings (SSSR count). The molecule has 0 heterocycles. The SMILES string of the molecule is CC(N)(C#N)CCCCOc1cccc(CO)c1. The molecule has 0 radical (unpaired) electrons. The first-order valence-corrected chi connectivity index (χ1v) is 6.10. The molecule has 18 heavy (non-hydrogen) atoms. The number of nitrogens with zero attached hydrogens (tertiary/aromatic N) is 1. The summed E-state index contributed by atoms with van der Waals surface area (Å²) >= 11 is 0. The van der Waals surface area contributed by atoms with Gasteiger partial charge in [0.25, 0.3) is 0 Å². The van der Waals surface area contributed by atoms with Gasteiger partial charge in [-0.05, 0) is 43.9 Å². The lowest BCUT2D eigenvalue weighted by Gasteiger charge is -2.14. The molecule has 0 amide bonds. The minimum absolute atomic E-state index is 0.0187. The van der Waals surface area contributed by atoms with Crippen LogP contribution in [0.2, 0.25) is 0 Å². The van der Waals surface area contributed by atoms with Crippen LogP contribution in [0.1, 0.15) is 31.7 Å². The fourth-order valence-electron chi connectivity index (χ4n) is 1.57. The number of rotatable bonds is 7. The summed E-state index contributed by atoms with van der Waals surface area (Å²) in [5, 5.41) is 17.7. The van der Waals surface area contributed by atoms with Crippen LogP contribution in [0.15, 0.2) is 24.3 Å². The number of hydrogen-bond acceptors (Lipinski definition) is 4. The summed E-state index contributed by atoms with van der Waals surface area (Å²) in [6.07, 6.45) is 2.39. The van der Waals surface area contributed by atoms with Gasteiger partial charge in [0.1, 0.15) is 11.3 Å². The quantitative estimate of drug-likeness (QED) is 0.723. The first-order valence-electron chi connectivity index (χ1n) is 6.10. The van der Waals surface area contributed by atoms with E-state index in [4.69, 9.17) is 20.8 Å². The topological polar surface area (TPSA) is 79.3 Å². The minimum atomic E-state index is -0.739. The molecule has 1 atom stereocenters. The van der Waals surface area contributed by atoms with Crippen LogP contribution in [-0.2, 0) is 6.61 Å². The van der Waals surface area contributed by atoms with Gasteiger partial charge in [-0.1, -0.05) is 12.1 Å². The highest BCUT2D eigenvalue weighted by Gasteiger charge is 2.15. The third-order valence-electron chi connectivity index (χ3n) is 2.70. The molecule has 4 heteroatoms. The third-order valence-corrected chi connectivity index (χ3v) is 2.70. The highest BCUT2D eigenvalue weighted by molar-refractivity contribution is 5.27. The zero-order valence-electron chi connectivity index (χ0n) is 10.7. The van der Waals surface area contributed by atoms with E-state index in [-0.39, 0.29) is 6.61 Å². The fraction of sp³-hybridized carbons (Fsp3) is 0.500. The summed E-state index contributed by atoms with van der Waals surface area (Å²) < 4.78 is 5.56. The Hall–Kier alpha value is -1.57. The molecule has 4 nitrogen and oxygen atoms in total. The van der Waals surface area contributed by atoms with Gasteiger partial charge in [-0.3, -0.25) is 0 Å². The summed E-state index contributed by atoms with van der Waals surface area (Å²) in [7, 11) is 0. The van der Waals surface area contributed by atoms with Gasteiger partial charge in [0.15, 0.2) is 0 Å². The summed E-state index contributed by atoms with van der Waals surface area (Å²) in [4.78, 5) is 0. The van der Waals surface area contributed by atoms with Crippen molar-refractivity contribution in [1.82, 2.24) is 0 Å². The molecule has 0 aliphatic heterocycles. The number of nitrogens with two attached hydrogens (primary N) is 1. The van der Waals surface area contributed by atoms with E-state index in [1.807, 2.05) is 24.3 Å². The third kappa shape index (κ3) is 5.17. The number of unbranched alkanes of at least 4 members (excludes halogenated alkanes) is 1. The summed E-state index contributed by atoms with van der Waals surface area (Å²) in [5.41, 5.74) is 5.82. The van der Waals surface area contributed by atoms with E-state index in [1.165, 1.54) is 0 Å². The van der Waals surface area contributed by atoms with E-state index in [1.54, 1.807) is 6.92 Å². The maximum Gasteiger partial charge on any atom is 0.119 e. The second kappa shape index (κ2) is 7.00. The van der Waals surface area contributed by atoms with Gasteiger partial charge in [-0.25, -0.2) is 0 Å². The molecule has 0 aliphatic rings. The molecule has 3 N–H and O–H groups in total. The summed E-state index contributed by atoms with van der Waals surface area (Å²) in [6, 6.07) is 9.46. The zero-order valence-corrected chi connectivity index (χ0v) is 10.7. The molecular weight excluding hydrogens is 228 g/mol. The number of ether oxygens (including phenoxy) is 1. The monoisotopic (exact) mass is 248 g/mol. The summed E-state index contributed by atoms with van der Waals surface area (Å²) in [6.45, 7) is 2.35. The van der Waals surface area contributed by atoms with Gasteiger partial charge in [0.05, 0.1) is 19.3 Å². The molecule has 0 fully saturated rings. The van der Waals surface area contributed by atoms with Crippen molar-refractivity contribution in [2.24, 2.45) is 5.73 Å². The average molecular weight is 248 g/mol. The van der Waals surface area contributed by atoms with Crippen molar-refractivity contribution in [3.8, 4) is 11.8 Å². The van der Waals surface area contributed by atoms with E-state index >= 15 is 0 Å². The van der Waals surface area contributed by atoms with Gasteiger partial charge in [-0.15, -0.1) is 0 Å². The normalized spacial score (nSPS) is 13.7. The van der Waals surface area contributed by atoms with Crippen LogP contribution in [0.4, 0.5) is 0 Å². The van der Waals surface area contributed by atoms with Crippen LogP contribution in [0, 0.1) is 11.3 Å². The highest BCUT2D eigenvalue weighted by Crippen LogP contribution is 2.14. The number of benzene rings is 1. The minimum Gasteiger partial charge on any atom is -0.494 e. The van der Waals surface area contributed by atoms with Crippen LogP contribution in [-0.4, -0.2) is 17.3 Å². The Labute approximate surface area is 108 Å². The van der Waals surface area contributed by atoms with Gasteiger partial charge in [0, 0.05) is 0 Å². The van der Waals surface area contributed by atoms with Crippen LogP contribution in [0.5, 0.6) is 5.75 Å². The van der Waals surface area contributed by atoms with E-state index in [0.29, 0.717) is 13.0 Å². The lowest BCUT2D eigenvalue weighted by molar-refractivity contribution is 0.277. The lowest BCUT2D eigenvalue weighted by atomic mass is 9.98. The second-order valence-corrected chi connectivity index (χ2v) is 4.64. The molecule has 0 aliphatic carbocycles. The van der Waals surface area contributed by atoms with Crippen LogP contribution in [0.25, 0.3) is 0 Å². The van der Waals surface area contributed by atoms with Crippen molar-refractivity contribution in [3.05, 3.63) is 29.8 Å². The van der Waals surface area contributed by atoms with Gasteiger partial charge in [-0.2, -0.15) is 5.26 Å². The Morgan fingerprint density at radius 2 is 2.22 bits per heavy atom. The van der Waals surface area contributed by atoms with Crippen molar-refractivity contribution >= 4 is 0 Å². The molecule has 0 saturated carbocycles. The molecule has 1 aromatic rings. The largest absolute Gasteiger partial charge is 0.494 e. The molecule has 1 unspecified atom stereocenters. The van der Waals surface area contributed by atoms with Crippen molar-refractivity contribution < 1.29 is 9.84 Å². The van der Waals surface area contributed by atoms with Crippen molar-refractivity contribution in [1.29, 1.82) is 5.26 Å². The second-order valence-electron chi connectivity index (χ2n) is 4.64. The average Bonchev–Trinajstić information content (AvgIpc) is 2.38. The first kappa shape index (κ1) is 14.5. The predicted molar refractivity (Wildman–Crippen MR) is 69.9 cm³/mol. The number of aliphatic hydroxyl groups excluding tert-OH is 1. The lowest BCUT2D eigenvalue weighted by Crippen LogP contribution is -2.33. The van der Waals surface area contributed by atoms with Crippen molar-refractivity contribution in [2.45, 2.75) is 38.3 Å². The van der Waals surface area contributed by atoms with Crippen molar-refractivity contribution in [3.63, 3.8) is 0 Å². The number of nitriles is 1. The maximum atomic E-state index is 8.99. The molecule has 1 aromatic carbocycles. The van der Waals surface area contributed by atoms with Crippen LogP contribution in [0.3, 0.4) is 0 Å². The van der Waals surface area contributed by atoms with E-state index < -0.39 is 5.54 Å². The zero-order chi connectivity index (χ0) is 13.4. The molecule has 0 saturated heterocycles. The Bertz CT molecular complexity index is 411. The first-order chi connectivity index (χ1) is 8.57. The van der Waals surface area contributed by atoms with Crippen LogP contribution < -0.4 is 10.5 Å². The Morgan fingerprint density at radius 1 is 1.44 bits per heavy atom. The number of aliphatic hydroxyl groups is 1. The van der Waals surface area contributed by atoms with E-state index in [0.717, 1.165) is 24.2 Å². The smallest absolute Gasteiger partial charge is 0.119 e. The van der Waals surface area contributed by atoms with E-state index in [2.05, 4.69) is 6.07 Å².